The fraction of sp³-hybridized carbons (Fsp3) is 0.238. The Labute approximate surface area is 160 Å². The zero-order chi connectivity index (χ0) is 18.7. The lowest BCUT2D eigenvalue weighted by atomic mass is 9.94. The van der Waals surface area contributed by atoms with Crippen LogP contribution in [0.25, 0.3) is 11.1 Å². The van der Waals surface area contributed by atoms with E-state index in [-0.39, 0.29) is 6.04 Å². The van der Waals surface area contributed by atoms with Gasteiger partial charge in [-0.2, -0.15) is 0 Å². The smallest absolute Gasteiger partial charge is 0.0519 e. The van der Waals surface area contributed by atoms with Crippen LogP contribution in [0, 0.1) is 0 Å². The second-order valence-electron chi connectivity index (χ2n) is 6.38. The van der Waals surface area contributed by atoms with E-state index in [2.05, 4.69) is 40.2 Å². The normalized spacial score (nSPS) is 16.4. The second-order valence-corrected chi connectivity index (χ2v) is 6.78. The fourth-order valence-corrected chi connectivity index (χ4v) is 3.65. The van der Waals surface area contributed by atoms with Crippen molar-refractivity contribution in [3.8, 4) is 0 Å². The zero-order valence-electron chi connectivity index (χ0n) is 15.4. The molecule has 0 saturated carbocycles. The Kier molecular flexibility index (Phi) is 5.67. The monoisotopic (exact) mass is 368 g/mol. The summed E-state index contributed by atoms with van der Waals surface area (Å²) in [6, 6.07) is 12.4. The van der Waals surface area contributed by atoms with Crippen LogP contribution in [0.4, 0.5) is 5.69 Å². The number of hydrogen-bond acceptors (Lipinski definition) is 4. The van der Waals surface area contributed by atoms with Crippen molar-refractivity contribution in [3.63, 3.8) is 0 Å². The Hall–Kier alpha value is -2.27. The number of fused-ring (bicyclic) bond motifs is 1. The Morgan fingerprint density at radius 2 is 1.92 bits per heavy atom. The van der Waals surface area contributed by atoms with Gasteiger partial charge >= 0.3 is 0 Å². The number of nitrogens with two attached hydrogens (primary N) is 1. The van der Waals surface area contributed by atoms with E-state index in [1.807, 2.05) is 45.5 Å². The molecule has 1 atom stereocenters. The molecule has 0 radical (unpaired) electrons. The number of rotatable bonds is 6. The van der Waals surface area contributed by atoms with Crippen LogP contribution < -0.4 is 21.7 Å². The average Bonchev–Trinajstić information content (AvgIpc) is 3.01. The summed E-state index contributed by atoms with van der Waals surface area (Å²) in [4.78, 5) is 0. The van der Waals surface area contributed by atoms with Crippen molar-refractivity contribution in [2.24, 2.45) is 0 Å². The molecular weight excluding hydrogens is 344 g/mol. The summed E-state index contributed by atoms with van der Waals surface area (Å²) in [5.41, 5.74) is 13.6. The van der Waals surface area contributed by atoms with Crippen LogP contribution >= 0.6 is 11.6 Å². The van der Waals surface area contributed by atoms with E-state index in [4.69, 9.17) is 17.3 Å². The summed E-state index contributed by atoms with van der Waals surface area (Å²) >= 11 is 6.49. The Morgan fingerprint density at radius 1 is 1.12 bits per heavy atom. The molecule has 0 spiro atoms. The number of nitrogens with one attached hydrogen (secondary N) is 3. The van der Waals surface area contributed by atoms with Gasteiger partial charge < -0.3 is 21.7 Å². The first-order valence-corrected chi connectivity index (χ1v) is 9.07. The van der Waals surface area contributed by atoms with E-state index >= 15 is 0 Å². The molecule has 136 valence electrons. The molecule has 1 unspecified atom stereocenters. The molecule has 1 aliphatic carbocycles. The first kappa shape index (κ1) is 18.5. The topological polar surface area (TPSA) is 62.1 Å². The molecule has 3 rings (SSSR count). The molecular formula is C21H25ClN4. The van der Waals surface area contributed by atoms with Crippen LogP contribution in [0.5, 0.6) is 0 Å². The van der Waals surface area contributed by atoms with E-state index in [0.717, 1.165) is 17.7 Å². The SMILES string of the molecule is CN/C=C(\CNC)c1ccc2c(c1)C(c1cc(N)ccc1Cl)=CC2NC. The second kappa shape index (κ2) is 7.96. The maximum atomic E-state index is 6.49. The molecule has 2 aromatic rings. The number of likely N-dealkylation sites (N-methyl/N-ethyl adjacent to an activating group) is 2. The van der Waals surface area contributed by atoms with Crippen LogP contribution in [0.2, 0.25) is 5.02 Å². The number of anilines is 1. The summed E-state index contributed by atoms with van der Waals surface area (Å²) in [5.74, 6) is 0. The number of halogens is 1. The molecule has 0 aromatic heterocycles. The van der Waals surface area contributed by atoms with Gasteiger partial charge in [0.1, 0.15) is 0 Å². The minimum Gasteiger partial charge on any atom is -0.399 e. The van der Waals surface area contributed by atoms with Crippen LogP contribution in [0.15, 0.2) is 48.7 Å². The Balaban J connectivity index is 2.13. The number of nitrogen functional groups attached to an aromatic ring is 1. The minimum atomic E-state index is 0.160. The van der Waals surface area contributed by atoms with Crippen LogP contribution in [-0.2, 0) is 0 Å². The first-order chi connectivity index (χ1) is 12.6. The van der Waals surface area contributed by atoms with E-state index in [1.165, 1.54) is 22.3 Å². The van der Waals surface area contributed by atoms with Crippen LogP contribution in [0.3, 0.4) is 0 Å². The van der Waals surface area contributed by atoms with E-state index in [1.54, 1.807) is 0 Å². The van der Waals surface area contributed by atoms with Gasteiger partial charge in [0.2, 0.25) is 0 Å². The summed E-state index contributed by atoms with van der Waals surface area (Å²) in [6.45, 7) is 0.785. The highest BCUT2D eigenvalue weighted by atomic mass is 35.5. The standard InChI is InChI=1S/C21H25ClN4/c1-24-11-14(12-25-2)13-4-6-16-17(8-13)18(10-21(16)26-3)19-9-15(23)5-7-20(19)22/h4-11,21,24-26H,12,23H2,1-3H3/b14-11+. The molecule has 1 aliphatic rings. The lowest BCUT2D eigenvalue weighted by molar-refractivity contribution is 0.725. The van der Waals surface area contributed by atoms with Gasteiger partial charge in [0.05, 0.1) is 6.04 Å². The third kappa shape index (κ3) is 3.49. The molecule has 4 nitrogen and oxygen atoms in total. The highest BCUT2D eigenvalue weighted by molar-refractivity contribution is 6.32. The van der Waals surface area contributed by atoms with Gasteiger partial charge in [-0.25, -0.2) is 0 Å². The van der Waals surface area contributed by atoms with Crippen LogP contribution in [-0.4, -0.2) is 27.7 Å². The lowest BCUT2D eigenvalue weighted by Gasteiger charge is -2.14. The predicted molar refractivity (Wildman–Crippen MR) is 112 cm³/mol. The van der Waals surface area contributed by atoms with Crippen molar-refractivity contribution in [2.75, 3.05) is 33.4 Å². The predicted octanol–water partition coefficient (Wildman–Crippen LogP) is 3.41. The van der Waals surface area contributed by atoms with Gasteiger partial charge in [0.25, 0.3) is 0 Å². The summed E-state index contributed by atoms with van der Waals surface area (Å²) in [7, 11) is 5.83. The lowest BCUT2D eigenvalue weighted by Crippen LogP contribution is -2.13. The quantitative estimate of drug-likeness (QED) is 0.590. The van der Waals surface area contributed by atoms with E-state index < -0.39 is 0 Å². The molecule has 0 fully saturated rings. The highest BCUT2D eigenvalue weighted by Crippen LogP contribution is 2.42. The van der Waals surface area contributed by atoms with Gasteiger partial charge in [0.15, 0.2) is 0 Å². The van der Waals surface area contributed by atoms with Crippen molar-refractivity contribution in [1.82, 2.24) is 16.0 Å². The molecule has 0 amide bonds. The third-order valence-corrected chi connectivity index (χ3v) is 4.99. The number of benzene rings is 2. The molecule has 26 heavy (non-hydrogen) atoms. The third-order valence-electron chi connectivity index (χ3n) is 4.66. The molecule has 0 heterocycles. The maximum absolute atomic E-state index is 6.49. The summed E-state index contributed by atoms with van der Waals surface area (Å²) in [6.07, 6.45) is 4.24. The maximum Gasteiger partial charge on any atom is 0.0519 e. The molecule has 0 aliphatic heterocycles. The molecule has 0 saturated heterocycles. The van der Waals surface area contributed by atoms with Crippen molar-refractivity contribution >= 4 is 28.4 Å². The van der Waals surface area contributed by atoms with Crippen molar-refractivity contribution in [3.05, 3.63) is 76.0 Å². The van der Waals surface area contributed by atoms with E-state index in [0.29, 0.717) is 10.7 Å². The highest BCUT2D eigenvalue weighted by Gasteiger charge is 2.25. The summed E-state index contributed by atoms with van der Waals surface area (Å²) in [5, 5.41) is 10.4. The Morgan fingerprint density at radius 3 is 2.62 bits per heavy atom. The van der Waals surface area contributed by atoms with Gasteiger partial charge in [-0.3, -0.25) is 0 Å². The van der Waals surface area contributed by atoms with Crippen LogP contribution in [0.1, 0.15) is 28.3 Å². The first-order valence-electron chi connectivity index (χ1n) is 8.69. The minimum absolute atomic E-state index is 0.160. The van der Waals surface area contributed by atoms with Crippen molar-refractivity contribution in [2.45, 2.75) is 6.04 Å². The zero-order valence-corrected chi connectivity index (χ0v) is 16.1. The summed E-state index contributed by atoms with van der Waals surface area (Å²) < 4.78 is 0. The van der Waals surface area contributed by atoms with Gasteiger partial charge in [0, 0.05) is 36.1 Å². The fourth-order valence-electron chi connectivity index (χ4n) is 3.43. The number of hydrogen-bond donors (Lipinski definition) is 4. The Bertz CT molecular complexity index is 870. The molecule has 5 N–H and O–H groups in total. The van der Waals surface area contributed by atoms with Gasteiger partial charge in [-0.1, -0.05) is 29.8 Å². The van der Waals surface area contributed by atoms with Crippen molar-refractivity contribution < 1.29 is 0 Å². The average molecular weight is 369 g/mol. The molecule has 5 heteroatoms. The largest absolute Gasteiger partial charge is 0.399 e. The van der Waals surface area contributed by atoms with Gasteiger partial charge in [-0.05, 0) is 66.2 Å². The van der Waals surface area contributed by atoms with E-state index in [9.17, 15) is 0 Å². The molecule has 2 aromatic carbocycles. The van der Waals surface area contributed by atoms with Crippen molar-refractivity contribution in [1.29, 1.82) is 0 Å². The van der Waals surface area contributed by atoms with Gasteiger partial charge in [-0.15, -0.1) is 0 Å². The molecule has 0 bridgehead atoms.